The predicted molar refractivity (Wildman–Crippen MR) is 171 cm³/mol. The molecule has 0 spiro atoms. The average molecular weight is 673 g/mol. The van der Waals surface area contributed by atoms with Crippen LogP contribution < -0.4 is 10.1 Å². The second kappa shape index (κ2) is 14.5. The van der Waals surface area contributed by atoms with Gasteiger partial charge in [0, 0.05) is 42.6 Å². The lowest BCUT2D eigenvalue weighted by molar-refractivity contribution is -0.274. The molecule has 0 bridgehead atoms. The topological polar surface area (TPSA) is 209 Å². The lowest BCUT2D eigenvalue weighted by Gasteiger charge is -2.44. The van der Waals surface area contributed by atoms with Gasteiger partial charge in [-0.25, -0.2) is 0 Å². The van der Waals surface area contributed by atoms with Crippen LogP contribution in [0.5, 0.6) is 5.75 Å². The Morgan fingerprint density at radius 3 is 2.47 bits per heavy atom. The number of amides is 1. The van der Waals surface area contributed by atoms with E-state index in [1.807, 2.05) is 56.5 Å². The fourth-order valence-corrected chi connectivity index (χ4v) is 8.59. The summed E-state index contributed by atoms with van der Waals surface area (Å²) in [5.41, 5.74) is 2.38. The SMILES string of the molecule is CO[C@H]1c2cc(NC(=O)[C@H]3O[C@@H](O)[C@H](O)[C@@H](O)[C@@H]3O)ccc2O[C@@H](C(CCn2cc(C(CO)c3ccccc3)nn2)[Si](C)(C)O)[C@@H]1C. The van der Waals surface area contributed by atoms with Crippen molar-refractivity contribution in [1.29, 1.82) is 0 Å². The maximum atomic E-state index is 12.9. The molecule has 1 amide bonds. The van der Waals surface area contributed by atoms with Crippen LogP contribution in [0.25, 0.3) is 0 Å². The summed E-state index contributed by atoms with van der Waals surface area (Å²) in [6.45, 7) is 6.11. The first kappa shape index (κ1) is 35.1. The van der Waals surface area contributed by atoms with Crippen LogP contribution in [0.15, 0.2) is 54.7 Å². The van der Waals surface area contributed by atoms with Gasteiger partial charge in [-0.3, -0.25) is 9.48 Å². The zero-order valence-electron chi connectivity index (χ0n) is 26.7. The molecule has 7 N–H and O–H groups in total. The van der Waals surface area contributed by atoms with Gasteiger partial charge in [-0.15, -0.1) is 5.10 Å². The van der Waals surface area contributed by atoms with Gasteiger partial charge in [0.05, 0.1) is 24.3 Å². The summed E-state index contributed by atoms with van der Waals surface area (Å²) in [7, 11) is -1.24. The molecule has 14 nitrogen and oxygen atoms in total. The minimum absolute atomic E-state index is 0.106. The van der Waals surface area contributed by atoms with Gasteiger partial charge < -0.3 is 49.9 Å². The molecule has 2 aromatic carbocycles. The van der Waals surface area contributed by atoms with Gasteiger partial charge in [0.25, 0.3) is 5.91 Å². The predicted octanol–water partition coefficient (Wildman–Crippen LogP) is 0.883. The van der Waals surface area contributed by atoms with Crippen molar-refractivity contribution in [3.8, 4) is 5.75 Å². The third-order valence-electron chi connectivity index (χ3n) is 9.21. The second-order valence-corrected chi connectivity index (χ2v) is 16.9. The third kappa shape index (κ3) is 7.43. The number of nitrogens with zero attached hydrogens (tertiary/aromatic N) is 3. The summed E-state index contributed by atoms with van der Waals surface area (Å²) in [4.78, 5) is 24.4. The van der Waals surface area contributed by atoms with Crippen LogP contribution in [0.1, 0.15) is 42.2 Å². The fraction of sp³-hybridized carbons (Fsp3) is 0.531. The number of carbonyl (C=O) groups excluding carboxylic acids is 1. The van der Waals surface area contributed by atoms with Gasteiger partial charge in [-0.2, -0.15) is 0 Å². The van der Waals surface area contributed by atoms with E-state index in [1.165, 1.54) is 0 Å². The molecule has 2 aliphatic heterocycles. The quantitative estimate of drug-likeness (QED) is 0.142. The lowest BCUT2D eigenvalue weighted by atomic mass is 9.86. The monoisotopic (exact) mass is 672 g/mol. The second-order valence-electron chi connectivity index (χ2n) is 12.9. The van der Waals surface area contributed by atoms with Crippen LogP contribution in [-0.2, 0) is 20.8 Å². The zero-order chi connectivity index (χ0) is 34.0. The largest absolute Gasteiger partial charge is 0.490 e. The number of aryl methyl sites for hydroxylation is 1. The Kier molecular flexibility index (Phi) is 10.8. The van der Waals surface area contributed by atoms with Crippen LogP contribution in [0.3, 0.4) is 0 Å². The van der Waals surface area contributed by atoms with Crippen molar-refractivity contribution in [2.24, 2.45) is 5.92 Å². The molecule has 15 heteroatoms. The molecule has 1 saturated heterocycles. The summed E-state index contributed by atoms with van der Waals surface area (Å²) in [5.74, 6) is -0.801. The number of aliphatic hydroxyl groups is 5. The number of rotatable bonds is 11. The number of hydrogen-bond donors (Lipinski definition) is 7. The number of nitrogens with one attached hydrogen (secondary N) is 1. The Morgan fingerprint density at radius 1 is 1.09 bits per heavy atom. The number of aliphatic hydroxyl groups excluding tert-OH is 5. The van der Waals surface area contributed by atoms with Gasteiger partial charge in [0.2, 0.25) is 0 Å². The molecule has 256 valence electrons. The van der Waals surface area contributed by atoms with Crippen molar-refractivity contribution in [3.05, 3.63) is 71.5 Å². The van der Waals surface area contributed by atoms with Crippen LogP contribution in [0.2, 0.25) is 18.6 Å². The molecule has 5 rings (SSSR count). The fourth-order valence-electron chi connectivity index (χ4n) is 6.57. The van der Waals surface area contributed by atoms with E-state index in [-0.39, 0.29) is 24.0 Å². The molecular weight excluding hydrogens is 628 g/mol. The standard InChI is InChI=1S/C32H44N4O10Si/c1-17-28(44-2)20-14-19(33-31(41)30-26(39)25(38)27(40)32(42)46-30)10-11-23(20)45-29(17)24(47(3,4)43)12-13-36-15-22(34-35-36)21(16-37)18-8-6-5-7-9-18/h5-11,14-15,17,21,24-30,32,37-40,42-43H,12-13,16H2,1-4H3,(H,33,41)/t17-,21?,24?,25+,26+,27-,28-,29-,30+,32-/m1/s1. The van der Waals surface area contributed by atoms with Crippen molar-refractivity contribution in [1.82, 2.24) is 15.0 Å². The highest BCUT2D eigenvalue weighted by Gasteiger charge is 2.48. The van der Waals surface area contributed by atoms with Crippen LogP contribution in [0.4, 0.5) is 5.69 Å². The Bertz CT molecular complexity index is 1500. The Labute approximate surface area is 273 Å². The molecule has 3 heterocycles. The number of aromatic nitrogens is 3. The van der Waals surface area contributed by atoms with Gasteiger partial charge in [-0.05, 0) is 43.3 Å². The molecule has 10 atom stereocenters. The van der Waals surface area contributed by atoms with E-state index >= 15 is 0 Å². The molecule has 1 aromatic heterocycles. The molecular formula is C32H44N4O10Si. The minimum Gasteiger partial charge on any atom is -0.490 e. The van der Waals surface area contributed by atoms with Crippen LogP contribution >= 0.6 is 0 Å². The average Bonchev–Trinajstić information content (AvgIpc) is 3.50. The minimum atomic E-state index is -2.82. The molecule has 2 unspecified atom stereocenters. The van der Waals surface area contributed by atoms with E-state index in [1.54, 1.807) is 30.0 Å². The lowest BCUT2D eigenvalue weighted by Crippen LogP contribution is -2.60. The Balaban J connectivity index is 1.31. The van der Waals surface area contributed by atoms with Crippen molar-refractivity contribution >= 4 is 19.9 Å². The molecule has 3 aromatic rings. The van der Waals surface area contributed by atoms with E-state index < -0.39 is 57.1 Å². The highest BCUT2D eigenvalue weighted by atomic mass is 28.4. The Hall–Kier alpha value is -3.25. The van der Waals surface area contributed by atoms with Gasteiger partial charge in [-0.1, -0.05) is 42.5 Å². The number of ether oxygens (including phenoxy) is 3. The molecule has 0 radical (unpaired) electrons. The smallest absolute Gasteiger partial charge is 0.256 e. The number of methoxy groups -OCH3 is 1. The summed E-state index contributed by atoms with van der Waals surface area (Å²) >= 11 is 0. The van der Waals surface area contributed by atoms with Crippen LogP contribution in [-0.4, -0.2) is 110 Å². The summed E-state index contributed by atoms with van der Waals surface area (Å²) in [5, 5.41) is 61.1. The highest BCUT2D eigenvalue weighted by molar-refractivity contribution is 6.71. The molecule has 47 heavy (non-hydrogen) atoms. The number of anilines is 1. The van der Waals surface area contributed by atoms with E-state index in [0.29, 0.717) is 35.7 Å². The van der Waals surface area contributed by atoms with E-state index in [2.05, 4.69) is 15.6 Å². The van der Waals surface area contributed by atoms with Gasteiger partial charge in [0.15, 0.2) is 20.7 Å². The maximum absolute atomic E-state index is 12.9. The van der Waals surface area contributed by atoms with Crippen molar-refractivity contribution in [2.75, 3.05) is 19.0 Å². The molecule has 0 aliphatic carbocycles. The first-order chi connectivity index (χ1) is 22.3. The van der Waals surface area contributed by atoms with E-state index in [4.69, 9.17) is 14.2 Å². The number of fused-ring (bicyclic) bond motifs is 1. The number of hydrogen-bond acceptors (Lipinski definition) is 12. The number of carbonyl (C=O) groups is 1. The first-order valence-corrected chi connectivity index (χ1v) is 18.7. The summed E-state index contributed by atoms with van der Waals surface area (Å²) < 4.78 is 19.3. The molecule has 0 saturated carbocycles. The van der Waals surface area contributed by atoms with Crippen LogP contribution in [0, 0.1) is 5.92 Å². The number of benzene rings is 2. The maximum Gasteiger partial charge on any atom is 0.256 e. The summed E-state index contributed by atoms with van der Waals surface area (Å²) in [6.07, 6.45) is -7.23. The normalized spacial score (nSPS) is 29.0. The van der Waals surface area contributed by atoms with Gasteiger partial charge >= 0.3 is 0 Å². The highest BCUT2D eigenvalue weighted by Crippen LogP contribution is 2.47. The molecule has 2 aliphatic rings. The third-order valence-corrected chi connectivity index (χ3v) is 11.6. The van der Waals surface area contributed by atoms with E-state index in [9.17, 15) is 35.1 Å². The first-order valence-electron chi connectivity index (χ1n) is 15.6. The summed E-state index contributed by atoms with van der Waals surface area (Å²) in [6, 6.07) is 14.6. The van der Waals surface area contributed by atoms with E-state index in [0.717, 1.165) is 5.56 Å². The Morgan fingerprint density at radius 2 is 1.81 bits per heavy atom. The molecule has 1 fully saturated rings. The van der Waals surface area contributed by atoms with Gasteiger partial charge in [0.1, 0.15) is 30.2 Å². The zero-order valence-corrected chi connectivity index (χ0v) is 27.7. The van der Waals surface area contributed by atoms with Crippen molar-refractivity contribution < 1.29 is 49.3 Å². The van der Waals surface area contributed by atoms with Crippen molar-refractivity contribution in [3.63, 3.8) is 0 Å². The van der Waals surface area contributed by atoms with Crippen molar-refractivity contribution in [2.45, 2.75) is 87.4 Å².